The topological polar surface area (TPSA) is 21.3 Å². The van der Waals surface area contributed by atoms with E-state index in [9.17, 15) is 4.39 Å². The minimum absolute atomic E-state index is 0.253. The molecular weight excluding hydrogens is 241 g/mol. The van der Waals surface area contributed by atoms with Crippen molar-refractivity contribution in [2.45, 2.75) is 53.4 Å². The Labute approximate surface area is 118 Å². The minimum Gasteiger partial charge on any atom is -0.491 e. The fourth-order valence-electron chi connectivity index (χ4n) is 2.06. The first-order valence-corrected chi connectivity index (χ1v) is 7.63. The molecular formula is C16H30FNO. The molecule has 0 aliphatic carbocycles. The Hall–Kier alpha value is -0.830. The number of rotatable bonds is 6. The van der Waals surface area contributed by atoms with Gasteiger partial charge in [-0.3, -0.25) is 0 Å². The Morgan fingerprint density at radius 1 is 1.32 bits per heavy atom. The highest BCUT2D eigenvalue weighted by atomic mass is 19.1. The van der Waals surface area contributed by atoms with Crippen LogP contribution in [0.3, 0.4) is 0 Å². The van der Waals surface area contributed by atoms with Gasteiger partial charge in [0, 0.05) is 0 Å². The van der Waals surface area contributed by atoms with Gasteiger partial charge in [0.25, 0.3) is 0 Å². The van der Waals surface area contributed by atoms with E-state index in [-0.39, 0.29) is 5.83 Å². The molecule has 19 heavy (non-hydrogen) atoms. The summed E-state index contributed by atoms with van der Waals surface area (Å²) < 4.78 is 18.9. The van der Waals surface area contributed by atoms with Crippen LogP contribution in [-0.4, -0.2) is 19.7 Å². The van der Waals surface area contributed by atoms with Crippen LogP contribution in [0.15, 0.2) is 23.7 Å². The van der Waals surface area contributed by atoms with Gasteiger partial charge < -0.3 is 10.1 Å². The number of hydrogen-bond donors (Lipinski definition) is 1. The van der Waals surface area contributed by atoms with E-state index in [1.165, 1.54) is 18.9 Å². The summed E-state index contributed by atoms with van der Waals surface area (Å²) >= 11 is 0. The van der Waals surface area contributed by atoms with Crippen molar-refractivity contribution in [1.29, 1.82) is 0 Å². The summed E-state index contributed by atoms with van der Waals surface area (Å²) in [6.07, 6.45) is 7.50. The number of allylic oxidation sites excluding steroid dienone is 3. The number of piperidine rings is 1. The number of halogens is 1. The Balaban J connectivity index is 0.00000154. The van der Waals surface area contributed by atoms with Gasteiger partial charge in [0.1, 0.15) is 0 Å². The summed E-state index contributed by atoms with van der Waals surface area (Å²) in [7, 11) is 0. The first-order valence-electron chi connectivity index (χ1n) is 7.63. The van der Waals surface area contributed by atoms with E-state index in [1.54, 1.807) is 13.0 Å². The summed E-state index contributed by atoms with van der Waals surface area (Å²) in [6, 6.07) is 0. The standard InChI is InChI=1S/C14H24FNO.C2H6/c1-3-5-14(13(15)4-2)17-11-8-12-6-9-16-10-7-12;1-2/h4-5,12,16H,3,6-11H2,1-2H3;1-2H3/b13-4+,14-5+;. The highest BCUT2D eigenvalue weighted by Crippen LogP contribution is 2.19. The van der Waals surface area contributed by atoms with Crippen LogP contribution in [0.4, 0.5) is 4.39 Å². The monoisotopic (exact) mass is 271 g/mol. The third-order valence-electron chi connectivity index (χ3n) is 3.12. The number of hydrogen-bond acceptors (Lipinski definition) is 2. The van der Waals surface area contributed by atoms with Gasteiger partial charge in [0.05, 0.1) is 6.61 Å². The van der Waals surface area contributed by atoms with Crippen molar-refractivity contribution < 1.29 is 9.13 Å². The number of nitrogens with one attached hydrogen (secondary N) is 1. The molecule has 1 fully saturated rings. The maximum atomic E-state index is 13.4. The smallest absolute Gasteiger partial charge is 0.160 e. The average molecular weight is 271 g/mol. The lowest BCUT2D eigenvalue weighted by Crippen LogP contribution is -2.28. The van der Waals surface area contributed by atoms with Crippen LogP contribution in [0.2, 0.25) is 0 Å². The molecule has 0 atom stereocenters. The van der Waals surface area contributed by atoms with Crippen molar-refractivity contribution in [3.63, 3.8) is 0 Å². The summed E-state index contributed by atoms with van der Waals surface area (Å²) in [6.45, 7) is 10.5. The second kappa shape index (κ2) is 12.2. The SMILES string of the molecule is C/C=C(F)\C(=C/CC)OCCC1CCNCC1.CC. The third kappa shape index (κ3) is 8.04. The van der Waals surface area contributed by atoms with Gasteiger partial charge in [0.15, 0.2) is 11.6 Å². The van der Waals surface area contributed by atoms with Crippen molar-refractivity contribution in [2.24, 2.45) is 5.92 Å². The summed E-state index contributed by atoms with van der Waals surface area (Å²) in [5, 5.41) is 3.34. The van der Waals surface area contributed by atoms with E-state index >= 15 is 0 Å². The van der Waals surface area contributed by atoms with Gasteiger partial charge in [-0.2, -0.15) is 0 Å². The maximum absolute atomic E-state index is 13.4. The second-order valence-electron chi connectivity index (χ2n) is 4.44. The van der Waals surface area contributed by atoms with Gasteiger partial charge in [-0.05, 0) is 63.8 Å². The van der Waals surface area contributed by atoms with Crippen LogP contribution < -0.4 is 5.32 Å². The van der Waals surface area contributed by atoms with Crippen LogP contribution in [0, 0.1) is 5.92 Å². The van der Waals surface area contributed by atoms with E-state index < -0.39 is 0 Å². The minimum atomic E-state index is -0.253. The van der Waals surface area contributed by atoms with Gasteiger partial charge in [-0.25, -0.2) is 4.39 Å². The van der Waals surface area contributed by atoms with Crippen LogP contribution >= 0.6 is 0 Å². The lowest BCUT2D eigenvalue weighted by atomic mass is 9.95. The molecule has 0 aromatic carbocycles. The Morgan fingerprint density at radius 2 is 1.95 bits per heavy atom. The Kier molecular flexibility index (Phi) is 11.7. The lowest BCUT2D eigenvalue weighted by Gasteiger charge is -2.22. The van der Waals surface area contributed by atoms with Crippen LogP contribution in [0.1, 0.15) is 53.4 Å². The summed E-state index contributed by atoms with van der Waals surface area (Å²) in [5.41, 5.74) is 0. The van der Waals surface area contributed by atoms with E-state index in [4.69, 9.17) is 4.74 Å². The van der Waals surface area contributed by atoms with Gasteiger partial charge in [-0.15, -0.1) is 0 Å². The van der Waals surface area contributed by atoms with E-state index in [0.717, 1.165) is 31.8 Å². The van der Waals surface area contributed by atoms with Crippen molar-refractivity contribution in [3.8, 4) is 0 Å². The van der Waals surface area contributed by atoms with E-state index in [1.807, 2.05) is 20.8 Å². The van der Waals surface area contributed by atoms with Crippen molar-refractivity contribution in [3.05, 3.63) is 23.7 Å². The first kappa shape index (κ1) is 18.2. The first-order chi connectivity index (χ1) is 9.27. The summed E-state index contributed by atoms with van der Waals surface area (Å²) in [4.78, 5) is 0. The quantitative estimate of drug-likeness (QED) is 0.563. The fourth-order valence-corrected chi connectivity index (χ4v) is 2.06. The third-order valence-corrected chi connectivity index (χ3v) is 3.12. The Morgan fingerprint density at radius 3 is 2.47 bits per heavy atom. The van der Waals surface area contributed by atoms with Crippen LogP contribution in [-0.2, 0) is 4.74 Å². The molecule has 3 heteroatoms. The van der Waals surface area contributed by atoms with Crippen molar-refractivity contribution in [2.75, 3.05) is 19.7 Å². The highest BCUT2D eigenvalue weighted by Gasteiger charge is 2.13. The largest absolute Gasteiger partial charge is 0.491 e. The zero-order chi connectivity index (χ0) is 14.5. The molecule has 1 N–H and O–H groups in total. The molecule has 112 valence electrons. The molecule has 0 spiro atoms. The molecule has 2 nitrogen and oxygen atoms in total. The van der Waals surface area contributed by atoms with Crippen molar-refractivity contribution in [1.82, 2.24) is 5.32 Å². The summed E-state index contributed by atoms with van der Waals surface area (Å²) in [5.74, 6) is 0.883. The van der Waals surface area contributed by atoms with Crippen LogP contribution in [0.5, 0.6) is 0 Å². The second-order valence-corrected chi connectivity index (χ2v) is 4.44. The van der Waals surface area contributed by atoms with Gasteiger partial charge in [0.2, 0.25) is 0 Å². The zero-order valence-electron chi connectivity index (χ0n) is 13.0. The molecule has 1 rings (SSSR count). The molecule has 0 unspecified atom stereocenters. The fraction of sp³-hybridized carbons (Fsp3) is 0.750. The molecule has 1 heterocycles. The molecule has 1 aliphatic heterocycles. The van der Waals surface area contributed by atoms with E-state index in [2.05, 4.69) is 5.32 Å². The van der Waals surface area contributed by atoms with Crippen LogP contribution in [0.25, 0.3) is 0 Å². The Bertz CT molecular complexity index is 268. The highest BCUT2D eigenvalue weighted by molar-refractivity contribution is 5.18. The normalized spacial score (nSPS) is 17.7. The lowest BCUT2D eigenvalue weighted by molar-refractivity contribution is 0.176. The predicted molar refractivity (Wildman–Crippen MR) is 80.7 cm³/mol. The van der Waals surface area contributed by atoms with Gasteiger partial charge >= 0.3 is 0 Å². The number of ether oxygens (including phenoxy) is 1. The molecule has 0 bridgehead atoms. The molecule has 0 aromatic rings. The zero-order valence-corrected chi connectivity index (χ0v) is 13.0. The molecule has 0 amide bonds. The predicted octanol–water partition coefficient (Wildman–Crippen LogP) is 4.59. The van der Waals surface area contributed by atoms with Crippen molar-refractivity contribution >= 4 is 0 Å². The van der Waals surface area contributed by atoms with Gasteiger partial charge in [-0.1, -0.05) is 20.8 Å². The molecule has 1 saturated heterocycles. The average Bonchev–Trinajstić information content (AvgIpc) is 2.49. The molecule has 1 aliphatic rings. The molecule has 0 saturated carbocycles. The maximum Gasteiger partial charge on any atom is 0.160 e. The molecule has 0 aromatic heterocycles. The molecule has 0 radical (unpaired) electrons. The van der Waals surface area contributed by atoms with E-state index in [0.29, 0.717) is 12.4 Å².